The lowest BCUT2D eigenvalue weighted by atomic mass is 9.93. The summed E-state index contributed by atoms with van der Waals surface area (Å²) in [6, 6.07) is 1.70. The van der Waals surface area contributed by atoms with Crippen LogP contribution >= 0.6 is 23.2 Å². The molecule has 0 atom stereocenters. The van der Waals surface area contributed by atoms with E-state index >= 15 is 0 Å². The number of nitrogens with zero attached hydrogens (tertiary/aromatic N) is 1. The van der Waals surface area contributed by atoms with E-state index in [1.165, 1.54) is 4.31 Å². The quantitative estimate of drug-likeness (QED) is 0.851. The maximum atomic E-state index is 13.3. The number of sulfonamides is 1. The molecule has 1 heterocycles. The van der Waals surface area contributed by atoms with Gasteiger partial charge in [0.2, 0.25) is 10.0 Å². The Balaban J connectivity index is 2.60. The molecule has 0 unspecified atom stereocenters. The number of piperazine rings is 1. The molecule has 1 aliphatic heterocycles. The van der Waals surface area contributed by atoms with Crippen LogP contribution in [0.5, 0.6) is 0 Å². The standard InChI is InChI=1S/C16H24Cl2N2O2S/c1-10-7-12(17)11(2)14(13(10)18)23(21,22)20-8-15(3,4)19-16(5,6)9-20/h7,19H,8-9H2,1-6H3. The Hall–Kier alpha value is -0.330. The first-order chi connectivity index (χ1) is 10.3. The fourth-order valence-corrected chi connectivity index (χ4v) is 6.28. The van der Waals surface area contributed by atoms with Crippen molar-refractivity contribution >= 4 is 33.2 Å². The lowest BCUT2D eigenvalue weighted by Crippen LogP contribution is -2.67. The highest BCUT2D eigenvalue weighted by Crippen LogP contribution is 2.36. The molecular weight excluding hydrogens is 355 g/mol. The first-order valence-electron chi connectivity index (χ1n) is 7.51. The first-order valence-corrected chi connectivity index (χ1v) is 9.71. The zero-order valence-electron chi connectivity index (χ0n) is 14.4. The van der Waals surface area contributed by atoms with Crippen molar-refractivity contribution in [1.29, 1.82) is 0 Å². The van der Waals surface area contributed by atoms with Gasteiger partial charge in [-0.1, -0.05) is 23.2 Å². The molecule has 130 valence electrons. The summed E-state index contributed by atoms with van der Waals surface area (Å²) < 4.78 is 28.0. The third-order valence-corrected chi connectivity index (χ3v) is 6.96. The molecular formula is C16H24Cl2N2O2S. The second kappa shape index (κ2) is 5.88. The van der Waals surface area contributed by atoms with Gasteiger partial charge in [-0.3, -0.25) is 0 Å². The maximum absolute atomic E-state index is 13.3. The highest BCUT2D eigenvalue weighted by atomic mass is 35.5. The number of nitrogens with one attached hydrogen (secondary N) is 1. The summed E-state index contributed by atoms with van der Waals surface area (Å²) in [4.78, 5) is 0.123. The van der Waals surface area contributed by atoms with E-state index in [-0.39, 0.29) is 21.0 Å². The topological polar surface area (TPSA) is 49.4 Å². The predicted octanol–water partition coefficient (Wildman–Crippen LogP) is 3.76. The smallest absolute Gasteiger partial charge is 0.245 e. The highest BCUT2D eigenvalue weighted by molar-refractivity contribution is 7.89. The van der Waals surface area contributed by atoms with E-state index in [1.54, 1.807) is 19.9 Å². The predicted molar refractivity (Wildman–Crippen MR) is 96.0 cm³/mol. The monoisotopic (exact) mass is 378 g/mol. The number of aryl methyl sites for hydroxylation is 1. The number of hydrogen-bond acceptors (Lipinski definition) is 3. The molecule has 0 bridgehead atoms. The Morgan fingerprint density at radius 2 is 1.57 bits per heavy atom. The van der Waals surface area contributed by atoms with E-state index in [0.717, 1.165) is 0 Å². The molecule has 7 heteroatoms. The van der Waals surface area contributed by atoms with Gasteiger partial charge in [0, 0.05) is 29.2 Å². The molecule has 1 aromatic carbocycles. The number of halogens is 2. The molecule has 1 aromatic rings. The van der Waals surface area contributed by atoms with E-state index in [9.17, 15) is 8.42 Å². The summed E-state index contributed by atoms with van der Waals surface area (Å²) in [6.45, 7) is 12.2. The average Bonchev–Trinajstić information content (AvgIpc) is 2.32. The van der Waals surface area contributed by atoms with Crippen LogP contribution in [0.1, 0.15) is 38.8 Å². The molecule has 1 N–H and O–H groups in total. The van der Waals surface area contributed by atoms with Crippen molar-refractivity contribution in [3.05, 3.63) is 27.2 Å². The summed E-state index contributed by atoms with van der Waals surface area (Å²) in [6.07, 6.45) is 0. The summed E-state index contributed by atoms with van der Waals surface area (Å²) in [7, 11) is -3.73. The van der Waals surface area contributed by atoms with Gasteiger partial charge >= 0.3 is 0 Å². The third kappa shape index (κ3) is 3.69. The average molecular weight is 379 g/mol. The lowest BCUT2D eigenvalue weighted by Gasteiger charge is -2.47. The van der Waals surface area contributed by atoms with E-state index in [0.29, 0.717) is 29.2 Å². The van der Waals surface area contributed by atoms with Crippen LogP contribution in [0.15, 0.2) is 11.0 Å². The van der Waals surface area contributed by atoms with E-state index in [4.69, 9.17) is 23.2 Å². The Bertz CT molecular complexity index is 701. The van der Waals surface area contributed by atoms with Crippen LogP contribution < -0.4 is 5.32 Å². The van der Waals surface area contributed by atoms with Gasteiger partial charge in [-0.15, -0.1) is 0 Å². The molecule has 0 saturated carbocycles. The van der Waals surface area contributed by atoms with Crippen LogP contribution in [0.25, 0.3) is 0 Å². The first kappa shape index (κ1) is 19.0. The van der Waals surface area contributed by atoms with Gasteiger partial charge in [-0.2, -0.15) is 4.31 Å². The van der Waals surface area contributed by atoms with Crippen molar-refractivity contribution in [3.63, 3.8) is 0 Å². The fourth-order valence-electron chi connectivity index (χ4n) is 3.35. The second-order valence-electron chi connectivity index (χ2n) is 7.61. The molecule has 0 aromatic heterocycles. The van der Waals surface area contributed by atoms with E-state index < -0.39 is 10.0 Å². The summed E-state index contributed by atoms with van der Waals surface area (Å²) in [5.74, 6) is 0. The molecule has 2 rings (SSSR count). The van der Waals surface area contributed by atoms with Gasteiger partial charge < -0.3 is 5.32 Å². The van der Waals surface area contributed by atoms with Crippen LogP contribution in [0.3, 0.4) is 0 Å². The minimum absolute atomic E-state index is 0.123. The van der Waals surface area contributed by atoms with Crippen LogP contribution in [0.2, 0.25) is 10.0 Å². The van der Waals surface area contributed by atoms with Gasteiger partial charge in [-0.05, 0) is 58.7 Å². The van der Waals surface area contributed by atoms with Gasteiger partial charge in [0.25, 0.3) is 0 Å². The Morgan fingerprint density at radius 1 is 1.09 bits per heavy atom. The largest absolute Gasteiger partial charge is 0.304 e. The third-order valence-electron chi connectivity index (χ3n) is 4.01. The normalized spacial score (nSPS) is 21.4. The summed E-state index contributed by atoms with van der Waals surface area (Å²) in [5, 5.41) is 4.14. The molecule has 23 heavy (non-hydrogen) atoms. The molecule has 4 nitrogen and oxygen atoms in total. The van der Waals surface area contributed by atoms with Crippen LogP contribution in [0, 0.1) is 13.8 Å². The van der Waals surface area contributed by atoms with Crippen molar-refractivity contribution in [1.82, 2.24) is 9.62 Å². The summed E-state index contributed by atoms with van der Waals surface area (Å²) >= 11 is 12.5. The van der Waals surface area contributed by atoms with E-state index in [1.807, 2.05) is 27.7 Å². The van der Waals surface area contributed by atoms with Crippen LogP contribution in [-0.4, -0.2) is 36.9 Å². The molecule has 0 amide bonds. The van der Waals surface area contributed by atoms with Gasteiger partial charge in [0.05, 0.1) is 5.02 Å². The van der Waals surface area contributed by atoms with Crippen LogP contribution in [0.4, 0.5) is 0 Å². The minimum Gasteiger partial charge on any atom is -0.304 e. The molecule has 1 fully saturated rings. The Kier molecular flexibility index (Phi) is 4.86. The van der Waals surface area contributed by atoms with Crippen molar-refractivity contribution in [2.24, 2.45) is 0 Å². The van der Waals surface area contributed by atoms with Crippen LogP contribution in [-0.2, 0) is 10.0 Å². The van der Waals surface area contributed by atoms with Gasteiger partial charge in [0.1, 0.15) is 4.90 Å². The SMILES string of the molecule is Cc1cc(Cl)c(C)c(S(=O)(=O)N2CC(C)(C)NC(C)(C)C2)c1Cl. The van der Waals surface area contributed by atoms with Crippen molar-refractivity contribution < 1.29 is 8.42 Å². The van der Waals surface area contributed by atoms with Crippen molar-refractivity contribution in [3.8, 4) is 0 Å². The van der Waals surface area contributed by atoms with Crippen molar-refractivity contribution in [2.45, 2.75) is 57.5 Å². The molecule has 0 spiro atoms. The molecule has 1 aliphatic rings. The van der Waals surface area contributed by atoms with Gasteiger partial charge in [0.15, 0.2) is 0 Å². The Morgan fingerprint density at radius 3 is 2.04 bits per heavy atom. The number of benzene rings is 1. The minimum atomic E-state index is -3.73. The molecule has 0 radical (unpaired) electrons. The molecule has 0 aliphatic carbocycles. The van der Waals surface area contributed by atoms with Gasteiger partial charge in [-0.25, -0.2) is 8.42 Å². The fraction of sp³-hybridized carbons (Fsp3) is 0.625. The lowest BCUT2D eigenvalue weighted by molar-refractivity contribution is 0.136. The number of rotatable bonds is 2. The Labute approximate surface area is 149 Å². The zero-order valence-corrected chi connectivity index (χ0v) is 16.7. The number of hydrogen-bond donors (Lipinski definition) is 1. The highest BCUT2D eigenvalue weighted by Gasteiger charge is 2.42. The van der Waals surface area contributed by atoms with Crippen molar-refractivity contribution in [2.75, 3.05) is 13.1 Å². The summed E-state index contributed by atoms with van der Waals surface area (Å²) in [5.41, 5.74) is 0.497. The zero-order chi connectivity index (χ0) is 17.8. The second-order valence-corrected chi connectivity index (χ2v) is 10.3. The molecule has 1 saturated heterocycles. The van der Waals surface area contributed by atoms with E-state index in [2.05, 4.69) is 5.32 Å². The maximum Gasteiger partial charge on any atom is 0.245 e.